The molecule has 0 aromatic heterocycles. The SMILES string of the molecule is CCCN(C=O)C(CC)CC. The first kappa shape index (κ1) is 10.5. The first-order chi connectivity index (χ1) is 5.29. The summed E-state index contributed by atoms with van der Waals surface area (Å²) in [5.74, 6) is 0. The molecule has 66 valence electrons. The summed E-state index contributed by atoms with van der Waals surface area (Å²) in [5.41, 5.74) is 0. The smallest absolute Gasteiger partial charge is 0.209 e. The molecule has 0 unspecified atom stereocenters. The third-order valence-corrected chi connectivity index (χ3v) is 2.03. The van der Waals surface area contributed by atoms with Gasteiger partial charge in [-0.1, -0.05) is 20.8 Å². The highest BCUT2D eigenvalue weighted by molar-refractivity contribution is 5.47. The van der Waals surface area contributed by atoms with Gasteiger partial charge in [0.2, 0.25) is 6.41 Å². The van der Waals surface area contributed by atoms with Crippen molar-refractivity contribution in [3.8, 4) is 0 Å². The third kappa shape index (κ3) is 3.40. The van der Waals surface area contributed by atoms with Crippen molar-refractivity contribution >= 4 is 6.41 Å². The van der Waals surface area contributed by atoms with Crippen LogP contribution in [0.25, 0.3) is 0 Å². The number of hydrogen-bond donors (Lipinski definition) is 0. The average Bonchev–Trinajstić information content (AvgIpc) is 2.05. The number of carbonyl (C=O) groups excluding carboxylic acids is 1. The van der Waals surface area contributed by atoms with Crippen LogP contribution in [0.4, 0.5) is 0 Å². The van der Waals surface area contributed by atoms with Crippen molar-refractivity contribution in [2.45, 2.75) is 46.1 Å². The third-order valence-electron chi connectivity index (χ3n) is 2.03. The van der Waals surface area contributed by atoms with Gasteiger partial charge in [-0.25, -0.2) is 0 Å². The summed E-state index contributed by atoms with van der Waals surface area (Å²) in [4.78, 5) is 12.5. The van der Waals surface area contributed by atoms with Gasteiger partial charge in [0, 0.05) is 12.6 Å². The molecule has 0 heterocycles. The Morgan fingerprint density at radius 2 is 1.82 bits per heavy atom. The van der Waals surface area contributed by atoms with Crippen molar-refractivity contribution in [3.05, 3.63) is 0 Å². The molecular weight excluding hydrogens is 138 g/mol. The van der Waals surface area contributed by atoms with Gasteiger partial charge in [-0.15, -0.1) is 0 Å². The molecule has 0 aromatic carbocycles. The van der Waals surface area contributed by atoms with Crippen molar-refractivity contribution < 1.29 is 4.79 Å². The molecule has 0 bridgehead atoms. The Labute approximate surface area is 69.6 Å². The summed E-state index contributed by atoms with van der Waals surface area (Å²) in [7, 11) is 0. The van der Waals surface area contributed by atoms with Crippen molar-refractivity contribution in [1.29, 1.82) is 0 Å². The molecule has 0 saturated heterocycles. The maximum absolute atomic E-state index is 10.6. The summed E-state index contributed by atoms with van der Waals surface area (Å²) in [6.07, 6.45) is 4.15. The Morgan fingerprint density at radius 1 is 1.27 bits per heavy atom. The number of carbonyl (C=O) groups is 1. The fourth-order valence-corrected chi connectivity index (χ4v) is 1.34. The largest absolute Gasteiger partial charge is 0.342 e. The molecular formula is C9H19NO. The molecule has 2 heteroatoms. The molecule has 0 fully saturated rings. The highest BCUT2D eigenvalue weighted by Gasteiger charge is 2.10. The first-order valence-corrected chi connectivity index (χ1v) is 4.51. The maximum atomic E-state index is 10.6. The van der Waals surface area contributed by atoms with Crippen molar-refractivity contribution in [1.82, 2.24) is 4.90 Å². The Balaban J connectivity index is 3.86. The van der Waals surface area contributed by atoms with Gasteiger partial charge in [0.05, 0.1) is 0 Å². The van der Waals surface area contributed by atoms with Crippen molar-refractivity contribution in [2.24, 2.45) is 0 Å². The van der Waals surface area contributed by atoms with E-state index in [2.05, 4.69) is 20.8 Å². The fraction of sp³-hybridized carbons (Fsp3) is 0.889. The number of hydrogen-bond acceptors (Lipinski definition) is 1. The molecule has 0 radical (unpaired) electrons. The Hall–Kier alpha value is -0.530. The Bertz CT molecular complexity index is 99.7. The zero-order valence-corrected chi connectivity index (χ0v) is 7.84. The van der Waals surface area contributed by atoms with Crippen LogP contribution in [-0.2, 0) is 4.79 Å². The van der Waals surface area contributed by atoms with E-state index in [0.29, 0.717) is 6.04 Å². The molecule has 2 nitrogen and oxygen atoms in total. The van der Waals surface area contributed by atoms with Crippen LogP contribution in [0.5, 0.6) is 0 Å². The van der Waals surface area contributed by atoms with Gasteiger partial charge < -0.3 is 4.90 Å². The summed E-state index contributed by atoms with van der Waals surface area (Å²) >= 11 is 0. The summed E-state index contributed by atoms with van der Waals surface area (Å²) in [5, 5.41) is 0. The molecule has 0 aliphatic heterocycles. The predicted molar refractivity (Wildman–Crippen MR) is 47.4 cm³/mol. The quantitative estimate of drug-likeness (QED) is 0.540. The molecule has 0 aliphatic rings. The first-order valence-electron chi connectivity index (χ1n) is 4.51. The van der Waals surface area contributed by atoms with E-state index in [-0.39, 0.29) is 0 Å². The normalized spacial score (nSPS) is 10.2. The van der Waals surface area contributed by atoms with Crippen molar-refractivity contribution in [3.63, 3.8) is 0 Å². The molecule has 0 aromatic rings. The lowest BCUT2D eigenvalue weighted by molar-refractivity contribution is -0.120. The number of nitrogens with zero attached hydrogens (tertiary/aromatic N) is 1. The van der Waals surface area contributed by atoms with E-state index >= 15 is 0 Å². The summed E-state index contributed by atoms with van der Waals surface area (Å²) in [6, 6.07) is 0.451. The van der Waals surface area contributed by atoms with Gasteiger partial charge in [0.1, 0.15) is 0 Å². The van der Waals surface area contributed by atoms with Crippen LogP contribution in [0.1, 0.15) is 40.0 Å². The van der Waals surface area contributed by atoms with Gasteiger partial charge in [-0.2, -0.15) is 0 Å². The number of rotatable bonds is 6. The molecule has 0 spiro atoms. The molecule has 11 heavy (non-hydrogen) atoms. The van der Waals surface area contributed by atoms with Crippen LogP contribution >= 0.6 is 0 Å². The second kappa shape index (κ2) is 6.20. The highest BCUT2D eigenvalue weighted by Crippen LogP contribution is 2.06. The lowest BCUT2D eigenvalue weighted by Crippen LogP contribution is -2.33. The lowest BCUT2D eigenvalue weighted by Gasteiger charge is -2.25. The molecule has 0 rings (SSSR count). The van der Waals surface area contributed by atoms with E-state index in [4.69, 9.17) is 0 Å². The summed E-state index contributed by atoms with van der Waals surface area (Å²) < 4.78 is 0. The molecule has 1 amide bonds. The minimum atomic E-state index is 0.451. The van der Waals surface area contributed by atoms with Crippen LogP contribution in [-0.4, -0.2) is 23.9 Å². The van der Waals surface area contributed by atoms with E-state index in [1.165, 1.54) is 0 Å². The van der Waals surface area contributed by atoms with E-state index in [1.807, 2.05) is 4.90 Å². The van der Waals surface area contributed by atoms with E-state index in [0.717, 1.165) is 32.2 Å². The minimum absolute atomic E-state index is 0.451. The van der Waals surface area contributed by atoms with E-state index < -0.39 is 0 Å². The number of amides is 1. The van der Waals surface area contributed by atoms with Crippen LogP contribution in [0, 0.1) is 0 Å². The minimum Gasteiger partial charge on any atom is -0.342 e. The molecule has 0 atom stereocenters. The maximum Gasteiger partial charge on any atom is 0.209 e. The van der Waals surface area contributed by atoms with Crippen LogP contribution < -0.4 is 0 Å². The van der Waals surface area contributed by atoms with Gasteiger partial charge in [-0.3, -0.25) is 4.79 Å². The molecule has 0 aliphatic carbocycles. The zero-order chi connectivity index (χ0) is 8.69. The average molecular weight is 157 g/mol. The Morgan fingerprint density at radius 3 is 2.09 bits per heavy atom. The van der Waals surface area contributed by atoms with Crippen LogP contribution in [0.2, 0.25) is 0 Å². The van der Waals surface area contributed by atoms with Gasteiger partial charge in [-0.05, 0) is 19.3 Å². The summed E-state index contributed by atoms with van der Waals surface area (Å²) in [6.45, 7) is 7.25. The van der Waals surface area contributed by atoms with E-state index in [9.17, 15) is 4.79 Å². The van der Waals surface area contributed by atoms with Gasteiger partial charge in [0.15, 0.2) is 0 Å². The van der Waals surface area contributed by atoms with E-state index in [1.54, 1.807) is 0 Å². The second-order valence-corrected chi connectivity index (χ2v) is 2.81. The lowest BCUT2D eigenvalue weighted by atomic mass is 10.1. The topological polar surface area (TPSA) is 20.3 Å². The molecule has 0 N–H and O–H groups in total. The van der Waals surface area contributed by atoms with Crippen LogP contribution in [0.15, 0.2) is 0 Å². The Kier molecular flexibility index (Phi) is 5.90. The molecule has 0 saturated carbocycles. The standard InChI is InChI=1S/C9H19NO/c1-4-7-10(8-11)9(5-2)6-3/h8-9H,4-7H2,1-3H3. The predicted octanol–water partition coefficient (Wildman–Crippen LogP) is 2.04. The monoisotopic (exact) mass is 157 g/mol. The van der Waals surface area contributed by atoms with Crippen molar-refractivity contribution in [2.75, 3.05) is 6.54 Å². The highest BCUT2D eigenvalue weighted by atomic mass is 16.1. The zero-order valence-electron chi connectivity index (χ0n) is 7.84. The van der Waals surface area contributed by atoms with Gasteiger partial charge in [0.25, 0.3) is 0 Å². The fourth-order valence-electron chi connectivity index (χ4n) is 1.34. The van der Waals surface area contributed by atoms with Gasteiger partial charge >= 0.3 is 0 Å². The van der Waals surface area contributed by atoms with Crippen LogP contribution in [0.3, 0.4) is 0 Å². The second-order valence-electron chi connectivity index (χ2n) is 2.81.